The van der Waals surface area contributed by atoms with Crippen molar-refractivity contribution in [3.05, 3.63) is 127 Å². The predicted octanol–water partition coefficient (Wildman–Crippen LogP) is 3.14. The van der Waals surface area contributed by atoms with Crippen LogP contribution in [0.4, 0.5) is 0 Å². The van der Waals surface area contributed by atoms with Crippen molar-refractivity contribution < 1.29 is 0 Å². The zero-order valence-electron chi connectivity index (χ0n) is 31.4. The van der Waals surface area contributed by atoms with E-state index in [2.05, 4.69) is 176 Å². The zero-order valence-corrected chi connectivity index (χ0v) is 31.4. The fraction of sp³-hybridized carbons (Fsp3) is 0. The highest BCUT2D eigenvalue weighted by molar-refractivity contribution is 6.68. The van der Waals surface area contributed by atoms with Crippen molar-refractivity contribution >= 4 is 159 Å². The Hall–Kier alpha value is -6.46. The van der Waals surface area contributed by atoms with E-state index in [1.165, 1.54) is 103 Å². The molecule has 12 aromatic rings. The molecular formula is C46H31B5N4. The van der Waals surface area contributed by atoms with E-state index in [4.69, 9.17) is 9.97 Å². The summed E-state index contributed by atoms with van der Waals surface area (Å²) in [4.78, 5) is 11.1. The molecule has 4 nitrogen and oxygen atoms in total. The molecule has 0 atom stereocenters. The molecule has 0 bridgehead atoms. The van der Waals surface area contributed by atoms with E-state index in [0.29, 0.717) is 5.95 Å². The van der Waals surface area contributed by atoms with Crippen LogP contribution in [0, 0.1) is 0 Å². The minimum Gasteiger partial charge on any atom is -0.307 e. The summed E-state index contributed by atoms with van der Waals surface area (Å²) in [6.07, 6.45) is 0. The van der Waals surface area contributed by atoms with Gasteiger partial charge in [-0.05, 0) is 34.5 Å². The average molecular weight is 694 g/mol. The van der Waals surface area contributed by atoms with Crippen molar-refractivity contribution in [2.45, 2.75) is 0 Å². The van der Waals surface area contributed by atoms with Crippen LogP contribution in [0.5, 0.6) is 0 Å². The van der Waals surface area contributed by atoms with Gasteiger partial charge in [0.1, 0.15) is 39.2 Å². The molecule has 0 spiro atoms. The molecule has 4 aromatic heterocycles. The molecule has 55 heavy (non-hydrogen) atoms. The van der Waals surface area contributed by atoms with E-state index in [-0.39, 0.29) is 0 Å². The molecule has 0 saturated carbocycles. The SMILES string of the molecule is Bc1c(B)c(B)c(-c2nc(-n3c4ccc5ccccc5c4c4c5c6cccc7c8ccccc8n(c76)c5c5ccccc5c43)nc3ccccc23)c(B)c1B. The maximum absolute atomic E-state index is 5.68. The lowest BCUT2D eigenvalue weighted by Gasteiger charge is -2.21. The molecule has 0 fully saturated rings. The summed E-state index contributed by atoms with van der Waals surface area (Å²) in [6.45, 7) is 0. The van der Waals surface area contributed by atoms with E-state index in [1.54, 1.807) is 0 Å². The third-order valence-electron chi connectivity index (χ3n) is 13.0. The van der Waals surface area contributed by atoms with Crippen LogP contribution in [0.2, 0.25) is 0 Å². The van der Waals surface area contributed by atoms with Crippen LogP contribution in [0.1, 0.15) is 0 Å². The van der Waals surface area contributed by atoms with Gasteiger partial charge < -0.3 is 4.40 Å². The van der Waals surface area contributed by atoms with Crippen molar-refractivity contribution in [1.82, 2.24) is 18.9 Å². The Kier molecular flexibility index (Phi) is 6.09. The maximum Gasteiger partial charge on any atom is 0.235 e. The van der Waals surface area contributed by atoms with Gasteiger partial charge in [0.25, 0.3) is 0 Å². The highest BCUT2D eigenvalue weighted by atomic mass is 15.2. The van der Waals surface area contributed by atoms with Crippen molar-refractivity contribution in [3.63, 3.8) is 0 Å². The molecule has 9 heteroatoms. The predicted molar refractivity (Wildman–Crippen MR) is 250 cm³/mol. The number of aromatic nitrogens is 4. The standard InChI is InChI=1S/C46H31B5N4/c47-37-36(38(48)40(50)41(51)39(37)49)42-28-15-5-7-18-30(28)52-46(53-42)55-32-21-20-22-10-1-2-11-23(22)33(32)35-34-29-17-9-16-25-24-12-6-8-19-31(24)54(43(25)29)44(34)26-13-3-4-14-27(26)45(35)55/h1-21H,47-51H2. The summed E-state index contributed by atoms with van der Waals surface area (Å²) in [7, 11) is 11.2. The maximum atomic E-state index is 5.68. The van der Waals surface area contributed by atoms with Crippen LogP contribution in [0.3, 0.4) is 0 Å². The Morgan fingerprint density at radius 3 is 1.75 bits per heavy atom. The van der Waals surface area contributed by atoms with Crippen LogP contribution in [-0.2, 0) is 0 Å². The minimum absolute atomic E-state index is 0.685. The molecule has 0 aliphatic rings. The van der Waals surface area contributed by atoms with Crippen molar-refractivity contribution in [2.24, 2.45) is 0 Å². The first-order valence-corrected chi connectivity index (χ1v) is 19.2. The van der Waals surface area contributed by atoms with Crippen molar-refractivity contribution in [2.75, 3.05) is 0 Å². The minimum atomic E-state index is 0.685. The fourth-order valence-electron chi connectivity index (χ4n) is 10.1. The lowest BCUT2D eigenvalue weighted by atomic mass is 9.60. The van der Waals surface area contributed by atoms with Crippen LogP contribution < -0.4 is 27.3 Å². The van der Waals surface area contributed by atoms with E-state index in [1.807, 2.05) is 0 Å². The van der Waals surface area contributed by atoms with Gasteiger partial charge in [0, 0.05) is 48.5 Å². The Morgan fingerprint density at radius 2 is 0.964 bits per heavy atom. The third kappa shape index (κ3) is 3.83. The van der Waals surface area contributed by atoms with E-state index < -0.39 is 0 Å². The Bertz CT molecular complexity index is 3650. The van der Waals surface area contributed by atoms with Crippen LogP contribution in [0.25, 0.3) is 110 Å². The van der Waals surface area contributed by atoms with Crippen LogP contribution in [0.15, 0.2) is 127 Å². The summed E-state index contributed by atoms with van der Waals surface area (Å²) in [6, 6.07) is 46.5. The second-order valence-corrected chi connectivity index (χ2v) is 15.5. The summed E-state index contributed by atoms with van der Waals surface area (Å²) in [5.74, 6) is 0.685. The monoisotopic (exact) mass is 694 g/mol. The Labute approximate surface area is 321 Å². The smallest absolute Gasteiger partial charge is 0.235 e. The molecule has 0 radical (unpaired) electrons. The van der Waals surface area contributed by atoms with Crippen LogP contribution >= 0.6 is 0 Å². The van der Waals surface area contributed by atoms with Gasteiger partial charge in [0.05, 0.1) is 38.8 Å². The number of fused-ring (bicyclic) bond motifs is 16. The summed E-state index contributed by atoms with van der Waals surface area (Å²) in [5, 5.41) is 13.5. The lowest BCUT2D eigenvalue weighted by molar-refractivity contribution is 1.02. The number of hydrogen-bond acceptors (Lipinski definition) is 2. The number of benzene rings is 8. The molecule has 0 amide bonds. The molecule has 0 N–H and O–H groups in total. The van der Waals surface area contributed by atoms with Gasteiger partial charge in [-0.15, -0.1) is 16.4 Å². The molecular weight excluding hydrogens is 663 g/mol. The molecule has 250 valence electrons. The molecule has 0 aliphatic carbocycles. The van der Waals surface area contributed by atoms with Gasteiger partial charge in [-0.3, -0.25) is 4.57 Å². The Balaban J connectivity index is 1.36. The first kappa shape index (κ1) is 30.9. The van der Waals surface area contributed by atoms with E-state index in [9.17, 15) is 0 Å². The van der Waals surface area contributed by atoms with E-state index >= 15 is 0 Å². The largest absolute Gasteiger partial charge is 0.307 e. The second kappa shape index (κ2) is 10.8. The van der Waals surface area contributed by atoms with Crippen molar-refractivity contribution in [3.8, 4) is 17.2 Å². The third-order valence-corrected chi connectivity index (χ3v) is 13.0. The first-order chi connectivity index (χ1) is 26.9. The summed E-state index contributed by atoms with van der Waals surface area (Å²) < 4.78 is 4.91. The summed E-state index contributed by atoms with van der Waals surface area (Å²) in [5.41, 5.74) is 15.6. The number of nitrogens with zero attached hydrogens (tertiary/aromatic N) is 4. The van der Waals surface area contributed by atoms with Gasteiger partial charge in [-0.25, -0.2) is 9.97 Å². The quantitative estimate of drug-likeness (QED) is 0.261. The first-order valence-electron chi connectivity index (χ1n) is 19.2. The molecule has 4 heterocycles. The van der Waals surface area contributed by atoms with Gasteiger partial charge in [-0.1, -0.05) is 120 Å². The number of para-hydroxylation sites is 3. The molecule has 0 unspecified atom stereocenters. The average Bonchev–Trinajstić information content (AvgIpc) is 3.88. The molecule has 12 rings (SSSR count). The van der Waals surface area contributed by atoms with Crippen LogP contribution in [-0.4, -0.2) is 58.2 Å². The summed E-state index contributed by atoms with van der Waals surface area (Å²) >= 11 is 0. The zero-order chi connectivity index (χ0) is 36.9. The van der Waals surface area contributed by atoms with Gasteiger partial charge in [-0.2, -0.15) is 0 Å². The topological polar surface area (TPSA) is 35.1 Å². The highest BCUT2D eigenvalue weighted by Crippen LogP contribution is 2.49. The van der Waals surface area contributed by atoms with E-state index in [0.717, 1.165) is 27.6 Å². The Morgan fingerprint density at radius 1 is 0.382 bits per heavy atom. The van der Waals surface area contributed by atoms with Gasteiger partial charge in [0.15, 0.2) is 0 Å². The fourth-order valence-corrected chi connectivity index (χ4v) is 10.1. The molecule has 0 saturated heterocycles. The molecule has 8 aromatic carbocycles. The van der Waals surface area contributed by atoms with Gasteiger partial charge >= 0.3 is 0 Å². The molecule has 0 aliphatic heterocycles. The normalized spacial score (nSPS) is 12.4. The second-order valence-electron chi connectivity index (χ2n) is 15.5. The highest BCUT2D eigenvalue weighted by Gasteiger charge is 2.28. The van der Waals surface area contributed by atoms with Crippen molar-refractivity contribution in [1.29, 1.82) is 0 Å². The lowest BCUT2D eigenvalue weighted by Crippen LogP contribution is -2.55. The number of rotatable bonds is 2. The number of hydrogen-bond donors (Lipinski definition) is 0. The van der Waals surface area contributed by atoms with Gasteiger partial charge in [0.2, 0.25) is 5.95 Å².